The van der Waals surface area contributed by atoms with Crippen LogP contribution in [0.2, 0.25) is 0 Å². The van der Waals surface area contributed by atoms with Gasteiger partial charge in [0.25, 0.3) is 5.91 Å². The topological polar surface area (TPSA) is 81.8 Å². The number of hydrogen-bond acceptors (Lipinski definition) is 4. The lowest BCUT2D eigenvalue weighted by atomic mass is 9.91. The van der Waals surface area contributed by atoms with Crippen molar-refractivity contribution in [3.8, 4) is 11.1 Å². The zero-order chi connectivity index (χ0) is 22.8. The van der Waals surface area contributed by atoms with Crippen molar-refractivity contribution >= 4 is 34.9 Å². The number of anilines is 3. The Balaban J connectivity index is 1.91. The SMILES string of the molecule is CCCC[N+]1(C)C(=O)N2N[C@@H](C)C(=O)Nc3c2ccc2c3-c3ccccc3C(C)C(=O)N21. The van der Waals surface area contributed by atoms with E-state index in [-0.39, 0.29) is 22.4 Å². The van der Waals surface area contributed by atoms with E-state index in [1.165, 1.54) is 5.01 Å². The third-order valence-corrected chi connectivity index (χ3v) is 6.86. The van der Waals surface area contributed by atoms with E-state index >= 15 is 0 Å². The number of unbranched alkanes of at least 4 members (excludes halogenated alkanes) is 1. The first-order chi connectivity index (χ1) is 15.3. The molecule has 0 saturated heterocycles. The van der Waals surface area contributed by atoms with E-state index in [1.807, 2.05) is 37.3 Å². The van der Waals surface area contributed by atoms with Crippen LogP contribution >= 0.6 is 0 Å². The fraction of sp³-hybridized carbons (Fsp3) is 0.375. The van der Waals surface area contributed by atoms with Gasteiger partial charge in [-0.1, -0.05) is 37.6 Å². The van der Waals surface area contributed by atoms with Crippen molar-refractivity contribution in [2.45, 2.75) is 45.6 Å². The highest BCUT2D eigenvalue weighted by atomic mass is 16.2. The molecule has 4 aliphatic rings. The molecule has 6 bridgehead atoms. The maximum absolute atomic E-state index is 14.1. The number of amides is 4. The molecule has 0 aromatic heterocycles. The molecule has 0 fully saturated rings. The maximum Gasteiger partial charge on any atom is 0.463 e. The molecule has 2 N–H and O–H groups in total. The van der Waals surface area contributed by atoms with Gasteiger partial charge in [-0.2, -0.15) is 5.01 Å². The molecule has 2 unspecified atom stereocenters. The molecule has 0 spiro atoms. The number of nitrogens with zero attached hydrogens (tertiary/aromatic N) is 3. The number of hydrogen-bond donors (Lipinski definition) is 2. The lowest BCUT2D eigenvalue weighted by Gasteiger charge is -2.44. The minimum atomic E-state index is -0.623. The highest BCUT2D eigenvalue weighted by molar-refractivity contribution is 6.15. The third-order valence-electron chi connectivity index (χ3n) is 6.86. The van der Waals surface area contributed by atoms with Crippen LogP contribution in [0.3, 0.4) is 0 Å². The summed E-state index contributed by atoms with van der Waals surface area (Å²) in [5, 5.41) is 6.13. The third kappa shape index (κ3) is 2.66. The minimum Gasteiger partial charge on any atom is -0.322 e. The second-order valence-electron chi connectivity index (χ2n) is 8.99. The number of benzene rings is 2. The van der Waals surface area contributed by atoms with Gasteiger partial charge in [0.05, 0.1) is 17.3 Å². The van der Waals surface area contributed by atoms with Gasteiger partial charge in [-0.15, -0.1) is 9.60 Å². The fourth-order valence-corrected chi connectivity index (χ4v) is 5.01. The van der Waals surface area contributed by atoms with Crippen molar-refractivity contribution in [1.82, 2.24) is 5.43 Å². The minimum absolute atomic E-state index is 0.137. The van der Waals surface area contributed by atoms with Crippen LogP contribution in [0.5, 0.6) is 0 Å². The largest absolute Gasteiger partial charge is 0.463 e. The Kier molecular flexibility index (Phi) is 4.61. The molecule has 4 aliphatic heterocycles. The van der Waals surface area contributed by atoms with Crippen LogP contribution < -0.4 is 20.8 Å². The summed E-state index contributed by atoms with van der Waals surface area (Å²) in [5.41, 5.74) is 7.43. The Morgan fingerprint density at radius 1 is 1.03 bits per heavy atom. The van der Waals surface area contributed by atoms with E-state index in [0.717, 1.165) is 29.5 Å². The molecule has 2 aromatic rings. The molecule has 0 radical (unpaired) electrons. The summed E-state index contributed by atoms with van der Waals surface area (Å²) in [6, 6.07) is 10.6. The number of carbonyl (C=O) groups is 3. The van der Waals surface area contributed by atoms with E-state index in [2.05, 4.69) is 17.7 Å². The van der Waals surface area contributed by atoms with Crippen molar-refractivity contribution in [2.75, 3.05) is 28.9 Å². The van der Waals surface area contributed by atoms with Crippen LogP contribution in [0.1, 0.15) is 45.1 Å². The van der Waals surface area contributed by atoms with Crippen molar-refractivity contribution < 1.29 is 19.0 Å². The number of rotatable bonds is 3. The van der Waals surface area contributed by atoms with Gasteiger partial charge in [0, 0.05) is 5.56 Å². The summed E-state index contributed by atoms with van der Waals surface area (Å²) in [4.78, 5) is 41.0. The number of hydrazine groups is 1. The van der Waals surface area contributed by atoms with Gasteiger partial charge in [-0.05, 0) is 43.5 Å². The van der Waals surface area contributed by atoms with Gasteiger partial charge >= 0.3 is 6.03 Å². The Bertz CT molecular complexity index is 1160. The fourth-order valence-electron chi connectivity index (χ4n) is 5.01. The lowest BCUT2D eigenvalue weighted by Crippen LogP contribution is -2.70. The highest BCUT2D eigenvalue weighted by Gasteiger charge is 2.53. The second kappa shape index (κ2) is 7.15. The maximum atomic E-state index is 14.1. The molecule has 8 nitrogen and oxygen atoms in total. The summed E-state index contributed by atoms with van der Waals surface area (Å²) in [6.45, 7) is 6.14. The molecular weight excluding hydrogens is 406 g/mol. The highest BCUT2D eigenvalue weighted by Crippen LogP contribution is 2.51. The van der Waals surface area contributed by atoms with Crippen LogP contribution in [-0.2, 0) is 9.59 Å². The van der Waals surface area contributed by atoms with Gasteiger partial charge < -0.3 is 5.32 Å². The Morgan fingerprint density at radius 3 is 2.50 bits per heavy atom. The monoisotopic (exact) mass is 434 g/mol. The smallest absolute Gasteiger partial charge is 0.322 e. The average molecular weight is 435 g/mol. The van der Waals surface area contributed by atoms with E-state index < -0.39 is 12.0 Å². The van der Waals surface area contributed by atoms with Gasteiger partial charge in [0.1, 0.15) is 25.3 Å². The van der Waals surface area contributed by atoms with Gasteiger partial charge in [-0.3, -0.25) is 9.59 Å². The first kappa shape index (κ1) is 20.7. The van der Waals surface area contributed by atoms with Gasteiger partial charge in [-0.25, -0.2) is 10.2 Å². The summed E-state index contributed by atoms with van der Waals surface area (Å²) >= 11 is 0. The van der Waals surface area contributed by atoms with Crippen molar-refractivity contribution in [3.05, 3.63) is 42.0 Å². The van der Waals surface area contributed by atoms with E-state index in [0.29, 0.717) is 23.6 Å². The predicted molar refractivity (Wildman–Crippen MR) is 123 cm³/mol. The van der Waals surface area contributed by atoms with Crippen LogP contribution in [0.4, 0.5) is 21.9 Å². The summed E-state index contributed by atoms with van der Waals surface area (Å²) in [6.07, 6.45) is 1.66. The van der Waals surface area contributed by atoms with E-state index in [1.54, 1.807) is 25.0 Å². The molecule has 4 heterocycles. The van der Waals surface area contributed by atoms with E-state index in [4.69, 9.17) is 0 Å². The first-order valence-corrected chi connectivity index (χ1v) is 11.2. The summed E-state index contributed by atoms with van der Waals surface area (Å²) < 4.78 is -0.223. The van der Waals surface area contributed by atoms with Crippen molar-refractivity contribution in [2.24, 2.45) is 0 Å². The number of carbonyl (C=O) groups excluding carboxylic acids is 3. The molecule has 2 aromatic carbocycles. The van der Waals surface area contributed by atoms with Crippen molar-refractivity contribution in [3.63, 3.8) is 0 Å². The Morgan fingerprint density at radius 2 is 1.75 bits per heavy atom. The number of fused-ring (bicyclic) bond motifs is 3. The van der Waals surface area contributed by atoms with Crippen LogP contribution in [-0.4, -0.2) is 42.1 Å². The molecule has 8 heteroatoms. The molecule has 166 valence electrons. The zero-order valence-electron chi connectivity index (χ0n) is 18.8. The predicted octanol–water partition coefficient (Wildman–Crippen LogP) is 3.75. The summed E-state index contributed by atoms with van der Waals surface area (Å²) in [5.74, 6) is -0.812. The molecule has 6 rings (SSSR count). The van der Waals surface area contributed by atoms with Crippen LogP contribution in [0.15, 0.2) is 36.4 Å². The number of nitrogens with one attached hydrogen (secondary N) is 2. The van der Waals surface area contributed by atoms with Crippen molar-refractivity contribution in [1.29, 1.82) is 0 Å². The summed E-state index contributed by atoms with van der Waals surface area (Å²) in [7, 11) is 1.80. The normalized spacial score (nSPS) is 26.2. The number of urea groups is 1. The quantitative estimate of drug-likeness (QED) is 0.721. The Labute approximate surface area is 187 Å². The number of quaternary nitrogens is 1. The molecule has 4 amide bonds. The zero-order valence-corrected chi connectivity index (χ0v) is 18.8. The molecule has 32 heavy (non-hydrogen) atoms. The molecule has 0 aliphatic carbocycles. The lowest BCUT2D eigenvalue weighted by molar-refractivity contribution is -0.831. The molecule has 0 saturated carbocycles. The van der Waals surface area contributed by atoms with Gasteiger partial charge in [0.15, 0.2) is 0 Å². The standard InChI is InChI=1S/C24H27N5O3/c1-5-6-13-29(4)24(32)27-19-12-11-18-20(21(19)25-22(30)15(3)26-27)17-10-8-7-9-16(17)14(2)23(31)28(18)29/h7-12,14-15,26H,5-6,13H2,1-4H3/p+1/t14?,15-,29?/m0/s1. The molecular formula is C24H28N5O3+. The van der Waals surface area contributed by atoms with E-state index in [9.17, 15) is 14.4 Å². The second-order valence-corrected chi connectivity index (χ2v) is 8.99. The van der Waals surface area contributed by atoms with Crippen LogP contribution in [0.25, 0.3) is 11.1 Å². The Hall–Kier alpha value is -3.23. The van der Waals surface area contributed by atoms with Crippen LogP contribution in [0, 0.1) is 0 Å². The van der Waals surface area contributed by atoms with Gasteiger partial charge in [0.2, 0.25) is 5.91 Å². The average Bonchev–Trinajstić information content (AvgIpc) is 2.97. The molecule has 3 atom stereocenters. The first-order valence-electron chi connectivity index (χ1n) is 11.2.